The molecule has 2 aliphatic rings. The van der Waals surface area contributed by atoms with E-state index in [4.69, 9.17) is 31.4 Å². The first-order chi connectivity index (χ1) is 22.6. The Morgan fingerprint density at radius 3 is 2.17 bits per heavy atom. The third-order valence-corrected chi connectivity index (χ3v) is 9.89. The van der Waals surface area contributed by atoms with Gasteiger partial charge < -0.3 is 16.8 Å². The number of fused-ring (bicyclic) bond motifs is 2. The van der Waals surface area contributed by atoms with Gasteiger partial charge in [-0.1, -0.05) is 84.9 Å². The van der Waals surface area contributed by atoms with E-state index in [0.717, 1.165) is 71.7 Å². The topological polar surface area (TPSA) is 116 Å². The molecule has 6 aromatic rings. The second-order valence-corrected chi connectivity index (χ2v) is 12.8. The second kappa shape index (κ2) is 12.0. The summed E-state index contributed by atoms with van der Waals surface area (Å²) < 4.78 is 0. The molecule has 228 valence electrons. The Kier molecular flexibility index (Phi) is 7.39. The molecule has 0 amide bonds. The summed E-state index contributed by atoms with van der Waals surface area (Å²) in [4.78, 5) is 19.2. The van der Waals surface area contributed by atoms with Crippen LogP contribution in [0, 0.1) is 5.92 Å². The predicted octanol–water partition coefficient (Wildman–Crippen LogP) is 7.61. The molecule has 4 unspecified atom stereocenters. The van der Waals surface area contributed by atoms with E-state index in [-0.39, 0.29) is 0 Å². The number of anilines is 2. The maximum Gasteiger partial charge on any atom is 0.142 e. The summed E-state index contributed by atoms with van der Waals surface area (Å²) in [5.41, 5.74) is 20.4. The monoisotopic (exact) mass is 603 g/mol. The standard InChI is InChI=1S/C39H37N7/c40-34-22-43-36(38(45-34)25-8-2-1-3-9-25)30-15-16-33-31(19-30)20-32(21-42-33)27-11-6-12-28(18-27)39-37(44-23-35(41)46-39)29-14-13-24-7-4-5-10-26(24)17-29/h1-14,17-18,22-23,30-33,42H,15-16,19-21H2,(H2,40,45)(H2,41,46). The zero-order valence-corrected chi connectivity index (χ0v) is 25.7. The second-order valence-electron chi connectivity index (χ2n) is 12.8. The summed E-state index contributed by atoms with van der Waals surface area (Å²) >= 11 is 0. The quantitative estimate of drug-likeness (QED) is 0.186. The zero-order chi connectivity index (χ0) is 31.0. The van der Waals surface area contributed by atoms with Crippen molar-refractivity contribution in [3.63, 3.8) is 0 Å². The van der Waals surface area contributed by atoms with Crippen LogP contribution < -0.4 is 16.8 Å². The Bertz CT molecular complexity index is 2030. The van der Waals surface area contributed by atoms with Gasteiger partial charge >= 0.3 is 0 Å². The van der Waals surface area contributed by atoms with Gasteiger partial charge in [0.05, 0.1) is 35.2 Å². The molecule has 5 N–H and O–H groups in total. The van der Waals surface area contributed by atoms with Gasteiger partial charge in [-0.25, -0.2) is 9.97 Å². The van der Waals surface area contributed by atoms with Crippen LogP contribution in [-0.2, 0) is 0 Å². The maximum atomic E-state index is 6.20. The number of piperidine rings is 1. The minimum Gasteiger partial charge on any atom is -0.382 e. The lowest BCUT2D eigenvalue weighted by Crippen LogP contribution is -2.47. The van der Waals surface area contributed by atoms with Crippen LogP contribution in [0.15, 0.2) is 109 Å². The van der Waals surface area contributed by atoms with Gasteiger partial charge in [0.25, 0.3) is 0 Å². The van der Waals surface area contributed by atoms with E-state index in [2.05, 4.69) is 84.2 Å². The first-order valence-corrected chi connectivity index (χ1v) is 16.2. The van der Waals surface area contributed by atoms with Gasteiger partial charge in [-0.2, -0.15) is 0 Å². The fraction of sp³-hybridized carbons (Fsp3) is 0.231. The number of hydrogen-bond donors (Lipinski definition) is 3. The molecule has 1 saturated heterocycles. The SMILES string of the molecule is Nc1cnc(-c2ccc3ccccc3c2)c(-c2cccc(C3CNC4CCC(c5ncc(N)nc5-c5ccccc5)CC4C3)c2)n1. The van der Waals surface area contributed by atoms with Crippen molar-refractivity contribution in [1.82, 2.24) is 25.3 Å². The van der Waals surface area contributed by atoms with Crippen molar-refractivity contribution < 1.29 is 0 Å². The van der Waals surface area contributed by atoms with Crippen LogP contribution in [-0.4, -0.2) is 32.5 Å². The molecule has 0 radical (unpaired) electrons. The lowest BCUT2D eigenvalue weighted by molar-refractivity contribution is 0.178. The minimum atomic E-state index is 0.350. The molecule has 0 bridgehead atoms. The van der Waals surface area contributed by atoms with Crippen LogP contribution in [0.25, 0.3) is 44.5 Å². The number of nitrogens with two attached hydrogens (primary N) is 2. The minimum absolute atomic E-state index is 0.350. The number of benzene rings is 4. The molecule has 1 aliphatic heterocycles. The Balaban J connectivity index is 1.07. The van der Waals surface area contributed by atoms with Crippen molar-refractivity contribution in [1.29, 1.82) is 0 Å². The molecule has 2 aromatic heterocycles. The largest absolute Gasteiger partial charge is 0.382 e. The third kappa shape index (κ3) is 5.48. The van der Waals surface area contributed by atoms with Crippen LogP contribution in [0.1, 0.15) is 48.8 Å². The van der Waals surface area contributed by atoms with Crippen LogP contribution in [0.2, 0.25) is 0 Å². The molecule has 1 saturated carbocycles. The van der Waals surface area contributed by atoms with E-state index in [1.54, 1.807) is 12.4 Å². The van der Waals surface area contributed by atoms with Gasteiger partial charge in [-0.3, -0.25) is 9.97 Å². The fourth-order valence-electron chi connectivity index (χ4n) is 7.65. The van der Waals surface area contributed by atoms with Gasteiger partial charge in [0.15, 0.2) is 0 Å². The van der Waals surface area contributed by atoms with E-state index in [9.17, 15) is 0 Å². The predicted molar refractivity (Wildman–Crippen MR) is 186 cm³/mol. The third-order valence-electron chi connectivity index (χ3n) is 9.89. The highest BCUT2D eigenvalue weighted by Gasteiger charge is 2.37. The van der Waals surface area contributed by atoms with Crippen molar-refractivity contribution in [2.45, 2.75) is 43.6 Å². The average Bonchev–Trinajstić information content (AvgIpc) is 3.11. The number of nitrogens with one attached hydrogen (secondary N) is 1. The van der Waals surface area contributed by atoms with Crippen molar-refractivity contribution in [3.05, 3.63) is 121 Å². The van der Waals surface area contributed by atoms with Crippen molar-refractivity contribution in [2.24, 2.45) is 5.92 Å². The van der Waals surface area contributed by atoms with E-state index < -0.39 is 0 Å². The van der Waals surface area contributed by atoms with Gasteiger partial charge in [0, 0.05) is 35.2 Å². The molecule has 0 spiro atoms. The van der Waals surface area contributed by atoms with E-state index in [1.165, 1.54) is 16.3 Å². The van der Waals surface area contributed by atoms with Crippen LogP contribution in [0.4, 0.5) is 11.6 Å². The van der Waals surface area contributed by atoms with Crippen molar-refractivity contribution in [2.75, 3.05) is 18.0 Å². The highest BCUT2D eigenvalue weighted by molar-refractivity contribution is 5.89. The van der Waals surface area contributed by atoms with E-state index in [0.29, 0.717) is 35.4 Å². The highest BCUT2D eigenvalue weighted by atomic mass is 15.0. The van der Waals surface area contributed by atoms with Gasteiger partial charge in [-0.05, 0) is 66.0 Å². The zero-order valence-electron chi connectivity index (χ0n) is 25.7. The summed E-state index contributed by atoms with van der Waals surface area (Å²) in [5, 5.41) is 6.29. The lowest BCUT2D eigenvalue weighted by atomic mass is 9.69. The average molecular weight is 604 g/mol. The molecule has 4 aromatic carbocycles. The van der Waals surface area contributed by atoms with Crippen LogP contribution in [0.3, 0.4) is 0 Å². The lowest BCUT2D eigenvalue weighted by Gasteiger charge is -2.43. The first kappa shape index (κ1) is 28.3. The van der Waals surface area contributed by atoms with Gasteiger partial charge in [0.2, 0.25) is 0 Å². The van der Waals surface area contributed by atoms with Crippen LogP contribution in [0.5, 0.6) is 0 Å². The Morgan fingerprint density at radius 1 is 0.587 bits per heavy atom. The molecule has 7 nitrogen and oxygen atoms in total. The first-order valence-electron chi connectivity index (χ1n) is 16.2. The summed E-state index contributed by atoms with van der Waals surface area (Å²) in [6, 6.07) is 34.5. The molecule has 2 fully saturated rings. The number of rotatable bonds is 5. The summed E-state index contributed by atoms with van der Waals surface area (Å²) in [5.74, 6) is 2.17. The fourth-order valence-corrected chi connectivity index (χ4v) is 7.65. The normalized spacial score (nSPS) is 21.1. The molecule has 46 heavy (non-hydrogen) atoms. The van der Waals surface area contributed by atoms with Gasteiger partial charge in [-0.15, -0.1) is 0 Å². The molecule has 7 heteroatoms. The van der Waals surface area contributed by atoms with Crippen LogP contribution >= 0.6 is 0 Å². The number of aromatic nitrogens is 4. The Morgan fingerprint density at radius 2 is 1.30 bits per heavy atom. The van der Waals surface area contributed by atoms with Gasteiger partial charge in [0.1, 0.15) is 11.6 Å². The maximum absolute atomic E-state index is 6.20. The molecule has 4 atom stereocenters. The molecular formula is C39H37N7. The molecule has 3 heterocycles. The van der Waals surface area contributed by atoms with E-state index >= 15 is 0 Å². The smallest absolute Gasteiger partial charge is 0.142 e. The number of nitrogen functional groups attached to an aromatic ring is 2. The van der Waals surface area contributed by atoms with E-state index in [1.807, 2.05) is 18.2 Å². The highest BCUT2D eigenvalue weighted by Crippen LogP contribution is 2.44. The number of nitrogens with zero attached hydrogens (tertiary/aromatic N) is 4. The summed E-state index contributed by atoms with van der Waals surface area (Å²) in [7, 11) is 0. The summed E-state index contributed by atoms with van der Waals surface area (Å²) in [6.45, 7) is 0.965. The molecular weight excluding hydrogens is 566 g/mol. The number of hydrogen-bond acceptors (Lipinski definition) is 7. The summed E-state index contributed by atoms with van der Waals surface area (Å²) in [6.07, 6.45) is 7.80. The van der Waals surface area contributed by atoms with Crippen molar-refractivity contribution >= 4 is 22.4 Å². The van der Waals surface area contributed by atoms with Crippen molar-refractivity contribution in [3.8, 4) is 33.8 Å². The molecule has 8 rings (SSSR count). The Labute approximate surface area is 269 Å². The molecule has 1 aliphatic carbocycles. The Hall–Kier alpha value is -5.14.